The van der Waals surface area contributed by atoms with Crippen LogP contribution in [0.5, 0.6) is 0 Å². The predicted octanol–water partition coefficient (Wildman–Crippen LogP) is 3.04. The number of fused-ring (bicyclic) bond motifs is 1. The van der Waals surface area contributed by atoms with Crippen molar-refractivity contribution in [1.82, 2.24) is 9.88 Å². The number of nitrogens with zero attached hydrogens (tertiary/aromatic N) is 2. The second-order valence-electron chi connectivity index (χ2n) is 6.52. The molecule has 0 radical (unpaired) electrons. The zero-order chi connectivity index (χ0) is 17.9. The highest BCUT2D eigenvalue weighted by atomic mass is 32.2. The van der Waals surface area contributed by atoms with Gasteiger partial charge in [0.2, 0.25) is 5.91 Å². The fraction of sp³-hybridized carbons (Fsp3) is 0.556. The minimum Gasteiger partial charge on any atom is -0.339 e. The molecule has 1 aromatic heterocycles. The highest BCUT2D eigenvalue weighted by Crippen LogP contribution is 2.23. The van der Waals surface area contributed by atoms with E-state index in [2.05, 4.69) is 11.1 Å². The molecule has 1 fully saturated rings. The quantitative estimate of drug-likeness (QED) is 0.693. The molecule has 1 aromatic carbocycles. The van der Waals surface area contributed by atoms with Crippen LogP contribution in [0.25, 0.3) is 10.2 Å². The molecule has 1 atom stereocenters. The number of amides is 1. The second kappa shape index (κ2) is 7.83. The molecule has 2 heterocycles. The van der Waals surface area contributed by atoms with E-state index in [0.717, 1.165) is 29.8 Å². The van der Waals surface area contributed by atoms with Crippen molar-refractivity contribution in [3.8, 4) is 0 Å². The van der Waals surface area contributed by atoms with Crippen LogP contribution in [0.3, 0.4) is 0 Å². The number of para-hydroxylation sites is 1. The Balaban J connectivity index is 1.46. The van der Waals surface area contributed by atoms with Crippen molar-refractivity contribution in [3.05, 3.63) is 29.3 Å². The fourth-order valence-electron chi connectivity index (χ4n) is 3.38. The van der Waals surface area contributed by atoms with E-state index < -0.39 is 9.84 Å². The maximum absolute atomic E-state index is 12.4. The normalized spacial score (nSPS) is 19.3. The Labute approximate surface area is 153 Å². The molecule has 0 spiro atoms. The first-order chi connectivity index (χ1) is 12.0. The van der Waals surface area contributed by atoms with Gasteiger partial charge in [-0.15, -0.1) is 11.3 Å². The van der Waals surface area contributed by atoms with E-state index in [0.29, 0.717) is 19.4 Å². The molecule has 3 rings (SSSR count). The molecule has 1 aliphatic heterocycles. The third-order valence-electron chi connectivity index (χ3n) is 4.68. The fourth-order valence-corrected chi connectivity index (χ4v) is 6.12. The maximum atomic E-state index is 12.4. The van der Waals surface area contributed by atoms with Gasteiger partial charge in [-0.05, 0) is 44.7 Å². The first-order valence-electron chi connectivity index (χ1n) is 8.83. The first-order valence-corrected chi connectivity index (χ1v) is 11.5. The molecule has 1 saturated heterocycles. The topological polar surface area (TPSA) is 67.3 Å². The van der Waals surface area contributed by atoms with Crippen LogP contribution in [-0.4, -0.2) is 48.3 Å². The van der Waals surface area contributed by atoms with Crippen molar-refractivity contribution in [2.24, 2.45) is 0 Å². The smallest absolute Gasteiger partial charge is 0.222 e. The van der Waals surface area contributed by atoms with E-state index in [-0.39, 0.29) is 23.5 Å². The Kier molecular flexibility index (Phi) is 5.74. The maximum Gasteiger partial charge on any atom is 0.222 e. The number of carbonyl (C=O) groups is 1. The van der Waals surface area contributed by atoms with Gasteiger partial charge in [0.05, 0.1) is 26.7 Å². The summed E-state index contributed by atoms with van der Waals surface area (Å²) in [4.78, 5) is 18.8. The molecule has 0 aliphatic carbocycles. The summed E-state index contributed by atoms with van der Waals surface area (Å²) in [5.41, 5.74) is 1.04. The number of thiazole rings is 1. The lowest BCUT2D eigenvalue weighted by Gasteiger charge is -2.26. The number of sulfone groups is 1. The standard InChI is InChI=1S/C18H24N2O3S2/c1-2-20(14-11-12-25(22,23)13-14)18(21)10-6-5-9-17-19-15-7-3-4-8-16(15)24-17/h3-4,7-8,14H,2,5-6,9-13H2,1H3. The molecule has 1 aliphatic rings. The van der Waals surface area contributed by atoms with E-state index in [1.54, 1.807) is 16.2 Å². The van der Waals surface area contributed by atoms with Gasteiger partial charge in [-0.2, -0.15) is 0 Å². The molecule has 136 valence electrons. The van der Waals surface area contributed by atoms with Crippen molar-refractivity contribution in [1.29, 1.82) is 0 Å². The number of hydrogen-bond acceptors (Lipinski definition) is 5. The molecule has 0 bridgehead atoms. The van der Waals surface area contributed by atoms with Crippen molar-refractivity contribution >= 4 is 37.3 Å². The summed E-state index contributed by atoms with van der Waals surface area (Å²) >= 11 is 1.71. The molecule has 0 saturated carbocycles. The number of rotatable bonds is 7. The first kappa shape index (κ1) is 18.3. The largest absolute Gasteiger partial charge is 0.339 e. The van der Waals surface area contributed by atoms with E-state index >= 15 is 0 Å². The third-order valence-corrected chi connectivity index (χ3v) is 7.53. The van der Waals surface area contributed by atoms with Crippen molar-refractivity contribution in [2.75, 3.05) is 18.1 Å². The summed E-state index contributed by atoms with van der Waals surface area (Å²) in [5, 5.41) is 1.11. The Morgan fingerprint density at radius 1 is 1.32 bits per heavy atom. The van der Waals surface area contributed by atoms with Crippen molar-refractivity contribution in [3.63, 3.8) is 0 Å². The molecule has 0 N–H and O–H groups in total. The van der Waals surface area contributed by atoms with Crippen LogP contribution in [0.15, 0.2) is 24.3 Å². The molecule has 7 heteroatoms. The number of aryl methyl sites for hydroxylation is 1. The van der Waals surface area contributed by atoms with Crippen LogP contribution >= 0.6 is 11.3 Å². The van der Waals surface area contributed by atoms with Crippen molar-refractivity contribution < 1.29 is 13.2 Å². The number of benzene rings is 1. The van der Waals surface area contributed by atoms with Gasteiger partial charge in [-0.1, -0.05) is 12.1 Å². The minimum absolute atomic E-state index is 0.0777. The zero-order valence-corrected chi connectivity index (χ0v) is 16.1. The Morgan fingerprint density at radius 3 is 2.80 bits per heavy atom. The molecule has 25 heavy (non-hydrogen) atoms. The summed E-state index contributed by atoms with van der Waals surface area (Å²) < 4.78 is 24.5. The van der Waals surface area contributed by atoms with Gasteiger partial charge in [0, 0.05) is 19.0 Å². The zero-order valence-electron chi connectivity index (χ0n) is 14.5. The molecule has 2 aromatic rings. The van der Waals surface area contributed by atoms with Crippen LogP contribution in [0.4, 0.5) is 0 Å². The highest BCUT2D eigenvalue weighted by molar-refractivity contribution is 7.91. The van der Waals surface area contributed by atoms with E-state index in [4.69, 9.17) is 0 Å². The summed E-state index contributed by atoms with van der Waals surface area (Å²) in [6, 6.07) is 7.98. The Hall–Kier alpha value is -1.47. The van der Waals surface area contributed by atoms with Gasteiger partial charge >= 0.3 is 0 Å². The SMILES string of the molecule is CCN(C(=O)CCCCc1nc2ccccc2s1)C1CCS(=O)(=O)C1. The minimum atomic E-state index is -2.96. The highest BCUT2D eigenvalue weighted by Gasteiger charge is 2.33. The average molecular weight is 381 g/mol. The van der Waals surface area contributed by atoms with Gasteiger partial charge in [0.15, 0.2) is 9.84 Å². The van der Waals surface area contributed by atoms with Crippen LogP contribution in [0.2, 0.25) is 0 Å². The molecule has 1 unspecified atom stereocenters. The van der Waals surface area contributed by atoms with Crippen LogP contribution in [0, 0.1) is 0 Å². The number of carbonyl (C=O) groups excluding carboxylic acids is 1. The van der Waals surface area contributed by atoms with Gasteiger partial charge in [-0.3, -0.25) is 4.79 Å². The lowest BCUT2D eigenvalue weighted by Crippen LogP contribution is -2.40. The van der Waals surface area contributed by atoms with Gasteiger partial charge < -0.3 is 4.90 Å². The Bertz CT molecular complexity index is 812. The third kappa shape index (κ3) is 4.58. The molecule has 1 amide bonds. The van der Waals surface area contributed by atoms with Crippen molar-refractivity contribution in [2.45, 2.75) is 45.1 Å². The molecular formula is C18H24N2O3S2. The summed E-state index contributed by atoms with van der Waals surface area (Å²) in [7, 11) is -2.96. The second-order valence-corrected chi connectivity index (χ2v) is 9.86. The van der Waals surface area contributed by atoms with Crippen LogP contribution < -0.4 is 0 Å². The number of unbranched alkanes of at least 4 members (excludes halogenated alkanes) is 1. The lowest BCUT2D eigenvalue weighted by molar-refractivity contribution is -0.132. The average Bonchev–Trinajstić information content (AvgIpc) is 3.15. The Morgan fingerprint density at radius 2 is 2.12 bits per heavy atom. The van der Waals surface area contributed by atoms with Gasteiger partial charge in [-0.25, -0.2) is 13.4 Å². The summed E-state index contributed by atoms with van der Waals surface area (Å²) in [5.74, 6) is 0.408. The van der Waals surface area contributed by atoms with E-state index in [9.17, 15) is 13.2 Å². The van der Waals surface area contributed by atoms with Crippen LogP contribution in [-0.2, 0) is 21.1 Å². The summed E-state index contributed by atoms with van der Waals surface area (Å²) in [6.45, 7) is 2.50. The van der Waals surface area contributed by atoms with Crippen LogP contribution in [0.1, 0.15) is 37.6 Å². The van der Waals surface area contributed by atoms with E-state index in [1.807, 2.05) is 25.1 Å². The predicted molar refractivity (Wildman–Crippen MR) is 102 cm³/mol. The molecule has 5 nitrogen and oxygen atoms in total. The monoisotopic (exact) mass is 380 g/mol. The number of hydrogen-bond donors (Lipinski definition) is 0. The molecular weight excluding hydrogens is 356 g/mol. The van der Waals surface area contributed by atoms with Gasteiger partial charge in [0.1, 0.15) is 0 Å². The van der Waals surface area contributed by atoms with Gasteiger partial charge in [0.25, 0.3) is 0 Å². The number of aromatic nitrogens is 1. The lowest BCUT2D eigenvalue weighted by atomic mass is 10.1. The summed E-state index contributed by atoms with van der Waals surface area (Å²) in [6.07, 6.45) is 3.68. The van der Waals surface area contributed by atoms with E-state index in [1.165, 1.54) is 4.70 Å².